The molecule has 3 heterocycles. The zero-order chi connectivity index (χ0) is 22.5. The van der Waals surface area contributed by atoms with E-state index >= 15 is 0 Å². The van der Waals surface area contributed by atoms with Gasteiger partial charge in [-0.1, -0.05) is 24.6 Å². The molecule has 4 rings (SSSR count). The van der Waals surface area contributed by atoms with Crippen molar-refractivity contribution in [1.29, 1.82) is 0 Å². The predicted molar refractivity (Wildman–Crippen MR) is 125 cm³/mol. The summed E-state index contributed by atoms with van der Waals surface area (Å²) in [6.45, 7) is 8.45. The molecule has 6 N–H and O–H groups in total. The second-order valence-electron chi connectivity index (χ2n) is 9.13. The van der Waals surface area contributed by atoms with Gasteiger partial charge in [-0.3, -0.25) is 20.0 Å². The van der Waals surface area contributed by atoms with E-state index in [4.69, 9.17) is 22.2 Å². The van der Waals surface area contributed by atoms with Crippen LogP contribution in [0.15, 0.2) is 23.3 Å². The summed E-state index contributed by atoms with van der Waals surface area (Å²) in [4.78, 5) is 17.6. The molecule has 2 fully saturated rings. The Balaban J connectivity index is 1.31. The van der Waals surface area contributed by atoms with Crippen molar-refractivity contribution in [3.05, 3.63) is 23.3 Å². The fourth-order valence-corrected chi connectivity index (χ4v) is 5.59. The number of hydrazine groups is 1. The molecule has 3 aliphatic heterocycles. The molecule has 1 aliphatic carbocycles. The highest BCUT2D eigenvalue weighted by Crippen LogP contribution is 2.25. The van der Waals surface area contributed by atoms with Crippen molar-refractivity contribution in [2.75, 3.05) is 39.4 Å². The number of ether oxygens (including phenoxy) is 1. The quantitative estimate of drug-likeness (QED) is 0.126. The summed E-state index contributed by atoms with van der Waals surface area (Å²) in [5.74, 6) is 5.61. The average Bonchev–Trinajstić information content (AvgIpc) is 2.85. The first-order valence-corrected chi connectivity index (χ1v) is 12.5. The van der Waals surface area contributed by atoms with Crippen molar-refractivity contribution in [3.8, 4) is 0 Å². The Bertz CT molecular complexity index is 717. The zero-order valence-corrected chi connectivity index (χ0v) is 19.8. The van der Waals surface area contributed by atoms with Gasteiger partial charge in [0.2, 0.25) is 0 Å². The van der Waals surface area contributed by atoms with Crippen LogP contribution in [-0.2, 0) is 9.53 Å². The largest absolute Gasteiger partial charge is 0.381 e. The third kappa shape index (κ3) is 5.51. The molecule has 3 unspecified atom stereocenters. The van der Waals surface area contributed by atoms with Crippen LogP contribution in [0.25, 0.3) is 0 Å². The van der Waals surface area contributed by atoms with E-state index in [-0.39, 0.29) is 17.5 Å². The number of allylic oxidation sites excluding steroid dienone is 1. The van der Waals surface area contributed by atoms with E-state index < -0.39 is 0 Å². The van der Waals surface area contributed by atoms with Crippen molar-refractivity contribution in [2.45, 2.75) is 69.1 Å². The fourth-order valence-electron chi connectivity index (χ4n) is 5.24. The fraction of sp³-hybridized carbons (Fsp3) is 0.773. The maximum absolute atomic E-state index is 12.3. The highest BCUT2D eigenvalue weighted by atomic mass is 35.5. The number of amides is 1. The molecule has 0 spiro atoms. The second-order valence-corrected chi connectivity index (χ2v) is 9.60. The number of nitrogens with one attached hydrogen (secondary N) is 4. The number of alkyl halides is 1. The first-order valence-electron chi connectivity index (χ1n) is 12.0. The van der Waals surface area contributed by atoms with Gasteiger partial charge in [0.1, 0.15) is 17.0 Å². The van der Waals surface area contributed by atoms with Crippen molar-refractivity contribution in [3.63, 3.8) is 0 Å². The van der Waals surface area contributed by atoms with Crippen LogP contribution in [0.4, 0.5) is 0 Å². The molecule has 0 aromatic rings. The van der Waals surface area contributed by atoms with E-state index in [1.807, 2.05) is 6.92 Å². The van der Waals surface area contributed by atoms with Crippen LogP contribution in [0.2, 0.25) is 0 Å². The average molecular weight is 468 g/mol. The number of rotatable bonds is 6. The molecule has 180 valence electrons. The van der Waals surface area contributed by atoms with Crippen LogP contribution in [0.5, 0.6) is 0 Å². The molecule has 0 bridgehead atoms. The minimum Gasteiger partial charge on any atom is -0.381 e. The molecule has 4 aliphatic rings. The molecule has 3 atom stereocenters. The van der Waals surface area contributed by atoms with Gasteiger partial charge in [-0.05, 0) is 38.5 Å². The number of nitrogens with two attached hydrogens (primary N) is 1. The summed E-state index contributed by atoms with van der Waals surface area (Å²) in [7, 11) is 0. The molecule has 0 radical (unpaired) electrons. The third-order valence-corrected chi connectivity index (χ3v) is 7.67. The van der Waals surface area contributed by atoms with Gasteiger partial charge in [0.25, 0.3) is 5.91 Å². The van der Waals surface area contributed by atoms with Crippen molar-refractivity contribution < 1.29 is 9.53 Å². The Kier molecular flexibility index (Phi) is 8.17. The van der Waals surface area contributed by atoms with Gasteiger partial charge in [0.05, 0.1) is 6.04 Å². The lowest BCUT2D eigenvalue weighted by molar-refractivity contribution is -0.118. The first kappa shape index (κ1) is 23.6. The van der Waals surface area contributed by atoms with E-state index in [0.717, 1.165) is 70.8 Å². The highest BCUT2D eigenvalue weighted by Gasteiger charge is 2.32. The molecule has 10 heteroatoms. The van der Waals surface area contributed by atoms with E-state index in [2.05, 4.69) is 37.3 Å². The number of piperazine rings is 1. The standard InChI is InChI=1S/C22H38ClN7O2/c1-2-18-20(23)27-21(19(26-18)22(31)28-24)25-15-3-5-16(6-4-15)29-9-11-30(12-10-29)17-7-13-32-14-8-17/h3,16-18,20,25-27H,2,4-14,24H2,1H3,(H,28,31). The lowest BCUT2D eigenvalue weighted by atomic mass is 9.96. The SMILES string of the molecule is CCC1NC(C(=O)NN)=C(NC2=CCC(N3CCN(C4CCOCC4)CC3)CC2)NC1Cl. The molecule has 1 amide bonds. The van der Waals surface area contributed by atoms with Crippen LogP contribution in [0.1, 0.15) is 45.4 Å². The van der Waals surface area contributed by atoms with Crippen LogP contribution in [0.3, 0.4) is 0 Å². The lowest BCUT2D eigenvalue weighted by Crippen LogP contribution is -2.56. The molecule has 0 aromatic carbocycles. The Labute approximate surface area is 196 Å². The number of carbonyl (C=O) groups is 1. The summed E-state index contributed by atoms with van der Waals surface area (Å²) < 4.78 is 5.52. The Morgan fingerprint density at radius 2 is 1.84 bits per heavy atom. The maximum Gasteiger partial charge on any atom is 0.285 e. The van der Waals surface area contributed by atoms with E-state index in [0.29, 0.717) is 23.6 Å². The van der Waals surface area contributed by atoms with Crippen LogP contribution < -0.4 is 27.2 Å². The maximum atomic E-state index is 12.3. The minimum atomic E-state index is -0.362. The number of hydrogen-bond acceptors (Lipinski definition) is 8. The molecular formula is C22H38ClN7O2. The number of carbonyl (C=O) groups excluding carboxylic acids is 1. The molecule has 2 saturated heterocycles. The van der Waals surface area contributed by atoms with E-state index in [9.17, 15) is 4.79 Å². The lowest BCUT2D eigenvalue weighted by Gasteiger charge is -2.44. The molecular weight excluding hydrogens is 430 g/mol. The van der Waals surface area contributed by atoms with Gasteiger partial charge in [-0.2, -0.15) is 0 Å². The van der Waals surface area contributed by atoms with Gasteiger partial charge in [-0.25, -0.2) is 5.84 Å². The molecule has 0 aromatic heterocycles. The highest BCUT2D eigenvalue weighted by molar-refractivity contribution is 6.21. The smallest absolute Gasteiger partial charge is 0.285 e. The van der Waals surface area contributed by atoms with Crippen molar-refractivity contribution in [1.82, 2.24) is 31.2 Å². The summed E-state index contributed by atoms with van der Waals surface area (Å²) in [6.07, 6.45) is 8.47. The predicted octanol–water partition coefficient (Wildman–Crippen LogP) is 0.504. The number of hydrogen-bond donors (Lipinski definition) is 5. The zero-order valence-electron chi connectivity index (χ0n) is 19.0. The van der Waals surface area contributed by atoms with E-state index in [1.54, 1.807) is 0 Å². The Hall–Kier alpha value is -1.52. The topological polar surface area (TPSA) is 107 Å². The van der Waals surface area contributed by atoms with Crippen LogP contribution in [-0.4, -0.2) is 78.7 Å². The summed E-state index contributed by atoms with van der Waals surface area (Å²) in [6, 6.07) is 1.25. The van der Waals surface area contributed by atoms with Gasteiger partial charge < -0.3 is 20.7 Å². The molecule has 9 nitrogen and oxygen atoms in total. The van der Waals surface area contributed by atoms with Crippen LogP contribution in [0, 0.1) is 0 Å². The first-order chi connectivity index (χ1) is 15.6. The monoisotopic (exact) mass is 467 g/mol. The van der Waals surface area contributed by atoms with Gasteiger partial charge in [0.15, 0.2) is 0 Å². The second kappa shape index (κ2) is 11.1. The number of halogens is 1. The van der Waals surface area contributed by atoms with Crippen molar-refractivity contribution >= 4 is 17.5 Å². The summed E-state index contributed by atoms with van der Waals surface area (Å²) >= 11 is 6.45. The van der Waals surface area contributed by atoms with Gasteiger partial charge >= 0.3 is 0 Å². The Morgan fingerprint density at radius 1 is 1.16 bits per heavy atom. The minimum absolute atomic E-state index is 0.0426. The Morgan fingerprint density at radius 3 is 2.44 bits per heavy atom. The van der Waals surface area contributed by atoms with E-state index in [1.165, 1.54) is 12.8 Å². The normalized spacial score (nSPS) is 30.8. The third-order valence-electron chi connectivity index (χ3n) is 7.25. The van der Waals surface area contributed by atoms with Gasteiger partial charge in [-0.15, -0.1) is 0 Å². The molecule has 0 saturated carbocycles. The summed E-state index contributed by atoms with van der Waals surface area (Å²) in [5.41, 5.74) is 3.44. The van der Waals surface area contributed by atoms with Crippen LogP contribution >= 0.6 is 11.6 Å². The number of nitrogens with zero attached hydrogens (tertiary/aromatic N) is 2. The van der Waals surface area contributed by atoms with Gasteiger partial charge in [0, 0.05) is 57.2 Å². The summed E-state index contributed by atoms with van der Waals surface area (Å²) in [5, 5.41) is 9.85. The van der Waals surface area contributed by atoms with Crippen molar-refractivity contribution in [2.24, 2.45) is 5.84 Å². The molecule has 32 heavy (non-hydrogen) atoms.